The Bertz CT molecular complexity index is 780. The van der Waals surface area contributed by atoms with Crippen LogP contribution in [0.4, 0.5) is 5.82 Å². The molecule has 1 fully saturated rings. The Morgan fingerprint density at radius 1 is 1.14 bits per heavy atom. The minimum atomic E-state index is -0.969. The molecule has 7 heteroatoms. The zero-order chi connectivity index (χ0) is 20.6. The Morgan fingerprint density at radius 2 is 1.79 bits per heavy atom. The van der Waals surface area contributed by atoms with E-state index in [1.807, 2.05) is 32.0 Å². The summed E-state index contributed by atoms with van der Waals surface area (Å²) in [6, 6.07) is 9.70. The van der Waals surface area contributed by atoms with E-state index in [0.717, 1.165) is 48.8 Å². The number of anilines is 1. The topological polar surface area (TPSA) is 83.9 Å². The van der Waals surface area contributed by atoms with Crippen LogP contribution in [0.1, 0.15) is 42.6 Å². The lowest BCUT2D eigenvalue weighted by Gasteiger charge is -2.36. The molecule has 29 heavy (non-hydrogen) atoms. The number of aromatic nitrogens is 1. The Morgan fingerprint density at radius 3 is 2.31 bits per heavy atom. The average Bonchev–Trinajstić information content (AvgIpc) is 2.73. The van der Waals surface area contributed by atoms with E-state index in [1.54, 1.807) is 12.1 Å². The highest BCUT2D eigenvalue weighted by Crippen LogP contribution is 2.28. The Balaban J connectivity index is 1.91. The molecule has 156 valence electrons. The molecular formula is C22H29N3O4. The predicted octanol–water partition coefficient (Wildman–Crippen LogP) is 3.34. The fourth-order valence-electron chi connectivity index (χ4n) is 3.62. The number of aromatic carboxylic acids is 1. The Labute approximate surface area is 171 Å². The zero-order valence-electron chi connectivity index (χ0n) is 17.1. The molecule has 2 N–H and O–H groups in total. The fourth-order valence-corrected chi connectivity index (χ4v) is 3.62. The highest BCUT2D eigenvalue weighted by Gasteiger charge is 2.23. The third-order valence-electron chi connectivity index (χ3n) is 4.95. The van der Waals surface area contributed by atoms with Crippen LogP contribution in [0.5, 0.6) is 11.5 Å². The second kappa shape index (κ2) is 10.1. The molecule has 1 aromatic carbocycles. The molecule has 1 saturated heterocycles. The molecule has 7 nitrogen and oxygen atoms in total. The van der Waals surface area contributed by atoms with Gasteiger partial charge in [-0.3, -0.25) is 0 Å². The van der Waals surface area contributed by atoms with Gasteiger partial charge in [-0.25, -0.2) is 9.78 Å². The van der Waals surface area contributed by atoms with Crippen LogP contribution in [0.15, 0.2) is 36.5 Å². The van der Waals surface area contributed by atoms with Gasteiger partial charge in [-0.15, -0.1) is 0 Å². The van der Waals surface area contributed by atoms with Gasteiger partial charge in [0.1, 0.15) is 17.3 Å². The quantitative estimate of drug-likeness (QED) is 0.669. The third kappa shape index (κ3) is 5.60. The standard InChI is InChI=1S/C22H29N3O4/c1-3-28-19-11-16(12-20(13-19)29-4-2)15-25(18-7-9-23-10-8-18)21-6-5-17(14-24-21)22(26)27/h5-6,11-14,18,23H,3-4,7-10,15H2,1-2H3,(H,26,27). The van der Waals surface area contributed by atoms with Crippen LogP contribution in [0.2, 0.25) is 0 Å². The van der Waals surface area contributed by atoms with Crippen LogP contribution in [0.3, 0.4) is 0 Å². The molecule has 3 rings (SSSR count). The van der Waals surface area contributed by atoms with Gasteiger partial charge in [0, 0.05) is 24.8 Å². The van der Waals surface area contributed by atoms with Gasteiger partial charge in [-0.2, -0.15) is 0 Å². The molecule has 0 unspecified atom stereocenters. The number of nitrogens with zero attached hydrogens (tertiary/aromatic N) is 2. The van der Waals surface area contributed by atoms with Gasteiger partial charge in [0.25, 0.3) is 0 Å². The summed E-state index contributed by atoms with van der Waals surface area (Å²) in [7, 11) is 0. The van der Waals surface area contributed by atoms with Crippen molar-refractivity contribution in [2.45, 2.75) is 39.3 Å². The summed E-state index contributed by atoms with van der Waals surface area (Å²) in [5, 5.41) is 12.6. The molecule has 1 aliphatic rings. The lowest BCUT2D eigenvalue weighted by Crippen LogP contribution is -2.43. The van der Waals surface area contributed by atoms with Crippen LogP contribution in [-0.2, 0) is 6.54 Å². The van der Waals surface area contributed by atoms with Crippen LogP contribution in [0.25, 0.3) is 0 Å². The van der Waals surface area contributed by atoms with Crippen molar-refractivity contribution in [2.75, 3.05) is 31.2 Å². The third-order valence-corrected chi connectivity index (χ3v) is 4.95. The monoisotopic (exact) mass is 399 g/mol. The minimum Gasteiger partial charge on any atom is -0.494 e. The number of carboxylic acid groups (broad SMARTS) is 1. The van der Waals surface area contributed by atoms with Crippen molar-refractivity contribution >= 4 is 11.8 Å². The molecule has 0 amide bonds. The average molecular weight is 399 g/mol. The number of rotatable bonds is 9. The van der Waals surface area contributed by atoms with E-state index in [9.17, 15) is 9.90 Å². The normalized spacial score (nSPS) is 14.4. The smallest absolute Gasteiger partial charge is 0.337 e. The molecule has 0 radical (unpaired) electrons. The van der Waals surface area contributed by atoms with E-state index >= 15 is 0 Å². The van der Waals surface area contributed by atoms with Gasteiger partial charge < -0.3 is 24.8 Å². The first-order chi connectivity index (χ1) is 14.1. The highest BCUT2D eigenvalue weighted by molar-refractivity contribution is 5.87. The number of hydrogen-bond acceptors (Lipinski definition) is 6. The lowest BCUT2D eigenvalue weighted by molar-refractivity contribution is 0.0696. The zero-order valence-corrected chi connectivity index (χ0v) is 17.1. The van der Waals surface area contributed by atoms with Crippen molar-refractivity contribution in [2.24, 2.45) is 0 Å². The van der Waals surface area contributed by atoms with Crippen molar-refractivity contribution < 1.29 is 19.4 Å². The second-order valence-electron chi connectivity index (χ2n) is 7.00. The maximum absolute atomic E-state index is 11.2. The van der Waals surface area contributed by atoms with Gasteiger partial charge >= 0.3 is 5.97 Å². The number of benzene rings is 1. The maximum atomic E-state index is 11.2. The number of hydrogen-bond donors (Lipinski definition) is 2. The van der Waals surface area contributed by atoms with Crippen LogP contribution >= 0.6 is 0 Å². The van der Waals surface area contributed by atoms with E-state index in [4.69, 9.17) is 9.47 Å². The molecule has 1 aromatic heterocycles. The number of carbonyl (C=O) groups is 1. The molecule has 2 heterocycles. The number of nitrogens with one attached hydrogen (secondary N) is 1. The van der Waals surface area contributed by atoms with Crippen molar-refractivity contribution in [3.8, 4) is 11.5 Å². The summed E-state index contributed by atoms with van der Waals surface area (Å²) in [6.45, 7) is 7.65. The van der Waals surface area contributed by atoms with E-state index in [0.29, 0.717) is 25.8 Å². The van der Waals surface area contributed by atoms with Crippen LogP contribution in [0, 0.1) is 0 Å². The fraction of sp³-hybridized carbons (Fsp3) is 0.455. The highest BCUT2D eigenvalue weighted by atomic mass is 16.5. The van der Waals surface area contributed by atoms with Gasteiger partial charge in [0.15, 0.2) is 0 Å². The van der Waals surface area contributed by atoms with E-state index < -0.39 is 5.97 Å². The maximum Gasteiger partial charge on any atom is 0.337 e. The molecule has 0 atom stereocenters. The lowest BCUT2D eigenvalue weighted by atomic mass is 10.0. The first-order valence-corrected chi connectivity index (χ1v) is 10.2. The molecule has 0 spiro atoms. The van der Waals surface area contributed by atoms with Crippen molar-refractivity contribution in [3.05, 3.63) is 47.7 Å². The number of carboxylic acids is 1. The van der Waals surface area contributed by atoms with Crippen molar-refractivity contribution in [1.82, 2.24) is 10.3 Å². The second-order valence-corrected chi connectivity index (χ2v) is 7.00. The van der Waals surface area contributed by atoms with Gasteiger partial charge in [0.05, 0.1) is 18.8 Å². The molecule has 0 aliphatic carbocycles. The summed E-state index contributed by atoms with van der Waals surface area (Å²) in [5.41, 5.74) is 1.26. The molecule has 1 aliphatic heterocycles. The van der Waals surface area contributed by atoms with Gasteiger partial charge in [-0.1, -0.05) is 0 Å². The summed E-state index contributed by atoms with van der Waals surface area (Å²) in [4.78, 5) is 17.9. The summed E-state index contributed by atoms with van der Waals surface area (Å²) in [5.74, 6) is 1.38. The predicted molar refractivity (Wildman–Crippen MR) is 112 cm³/mol. The van der Waals surface area contributed by atoms with E-state index in [2.05, 4.69) is 15.2 Å². The van der Waals surface area contributed by atoms with Gasteiger partial charge in [0.2, 0.25) is 0 Å². The SMILES string of the molecule is CCOc1cc(CN(c2ccc(C(=O)O)cn2)C2CCNCC2)cc(OCC)c1. The first-order valence-electron chi connectivity index (χ1n) is 10.2. The first kappa shape index (κ1) is 20.9. The number of pyridine rings is 1. The van der Waals surface area contributed by atoms with E-state index in [1.165, 1.54) is 6.20 Å². The molecule has 0 bridgehead atoms. The van der Waals surface area contributed by atoms with Crippen LogP contribution < -0.4 is 19.7 Å². The van der Waals surface area contributed by atoms with Crippen molar-refractivity contribution in [3.63, 3.8) is 0 Å². The summed E-state index contributed by atoms with van der Waals surface area (Å²) in [6.07, 6.45) is 3.44. The van der Waals surface area contributed by atoms with E-state index in [-0.39, 0.29) is 5.56 Å². The Kier molecular flexibility index (Phi) is 7.30. The number of ether oxygens (including phenoxy) is 2. The largest absolute Gasteiger partial charge is 0.494 e. The Hall–Kier alpha value is -2.80. The van der Waals surface area contributed by atoms with Crippen molar-refractivity contribution in [1.29, 1.82) is 0 Å². The van der Waals surface area contributed by atoms with Crippen LogP contribution in [-0.4, -0.2) is 48.4 Å². The molecule has 0 saturated carbocycles. The summed E-state index contributed by atoms with van der Waals surface area (Å²) < 4.78 is 11.4. The summed E-state index contributed by atoms with van der Waals surface area (Å²) >= 11 is 0. The minimum absolute atomic E-state index is 0.191. The number of piperidine rings is 1. The van der Waals surface area contributed by atoms with Gasteiger partial charge in [-0.05, 0) is 69.6 Å². The molecule has 2 aromatic rings. The molecular weight excluding hydrogens is 370 g/mol.